The molecule has 2 aromatic rings. The molecule has 1 aromatic heterocycles. The van der Waals surface area contributed by atoms with Crippen molar-refractivity contribution in [1.29, 1.82) is 0 Å². The molecule has 0 spiro atoms. The van der Waals surface area contributed by atoms with Gasteiger partial charge in [-0.3, -0.25) is 19.1 Å². The van der Waals surface area contributed by atoms with E-state index in [1.807, 2.05) is 51.1 Å². The predicted octanol–water partition coefficient (Wildman–Crippen LogP) is 1.16. The Hall–Kier alpha value is -3.16. The highest BCUT2D eigenvalue weighted by molar-refractivity contribution is 5.98. The van der Waals surface area contributed by atoms with Crippen LogP contribution in [0.25, 0.3) is 0 Å². The summed E-state index contributed by atoms with van der Waals surface area (Å²) in [6.07, 6.45) is 0.863. The van der Waals surface area contributed by atoms with E-state index in [-0.39, 0.29) is 29.2 Å². The van der Waals surface area contributed by atoms with Gasteiger partial charge in [0.15, 0.2) is 0 Å². The van der Waals surface area contributed by atoms with Crippen LogP contribution < -0.4 is 10.6 Å². The van der Waals surface area contributed by atoms with Crippen molar-refractivity contribution in [3.05, 3.63) is 53.3 Å². The molecule has 31 heavy (non-hydrogen) atoms. The second-order valence-electron chi connectivity index (χ2n) is 9.45. The Morgan fingerprint density at radius 1 is 1.23 bits per heavy atom. The summed E-state index contributed by atoms with van der Waals surface area (Å²) in [5.74, 6) is -0.502. The van der Waals surface area contributed by atoms with Crippen molar-refractivity contribution in [2.45, 2.75) is 57.2 Å². The Labute approximate surface area is 182 Å². The molecule has 0 aliphatic carbocycles. The zero-order valence-corrected chi connectivity index (χ0v) is 18.4. The lowest BCUT2D eigenvalue weighted by Crippen LogP contribution is -2.61. The molecule has 4 rings (SSSR count). The summed E-state index contributed by atoms with van der Waals surface area (Å²) in [7, 11) is 1.74. The number of fused-ring (bicyclic) bond motifs is 1. The topological polar surface area (TPSA) is 96.3 Å². The van der Waals surface area contributed by atoms with E-state index in [0.717, 1.165) is 11.3 Å². The number of carbonyl (C=O) groups is 3. The molecule has 0 unspecified atom stereocenters. The minimum atomic E-state index is -0.577. The number of aryl methyl sites for hydroxylation is 1. The number of rotatable bonds is 4. The normalized spacial score (nSPS) is 23.5. The summed E-state index contributed by atoms with van der Waals surface area (Å²) >= 11 is 0. The predicted molar refractivity (Wildman–Crippen MR) is 115 cm³/mol. The van der Waals surface area contributed by atoms with Gasteiger partial charge in [0.05, 0.1) is 5.69 Å². The molecule has 0 radical (unpaired) electrons. The van der Waals surface area contributed by atoms with Crippen LogP contribution in [0.15, 0.2) is 36.4 Å². The van der Waals surface area contributed by atoms with Crippen LogP contribution in [-0.4, -0.2) is 57.1 Å². The Morgan fingerprint density at radius 2 is 1.94 bits per heavy atom. The fourth-order valence-corrected chi connectivity index (χ4v) is 4.26. The first-order valence-corrected chi connectivity index (χ1v) is 10.6. The van der Waals surface area contributed by atoms with Crippen LogP contribution >= 0.6 is 0 Å². The number of piperazine rings is 1. The number of carbonyl (C=O) groups excluding carboxylic acids is 3. The van der Waals surface area contributed by atoms with Crippen molar-refractivity contribution in [3.8, 4) is 0 Å². The summed E-state index contributed by atoms with van der Waals surface area (Å²) in [6.45, 7) is 6.46. The number of benzene rings is 1. The molecule has 3 atom stereocenters. The number of amides is 3. The van der Waals surface area contributed by atoms with E-state index < -0.39 is 12.1 Å². The van der Waals surface area contributed by atoms with Gasteiger partial charge in [0, 0.05) is 31.5 Å². The fourth-order valence-electron chi connectivity index (χ4n) is 4.26. The van der Waals surface area contributed by atoms with E-state index in [1.54, 1.807) is 22.7 Å². The minimum absolute atomic E-state index is 0.0965. The molecule has 0 saturated carbocycles. The van der Waals surface area contributed by atoms with Crippen molar-refractivity contribution in [2.24, 2.45) is 7.05 Å². The third-order valence-electron chi connectivity index (χ3n) is 6.00. The van der Waals surface area contributed by atoms with Gasteiger partial charge in [0.25, 0.3) is 5.91 Å². The van der Waals surface area contributed by atoms with E-state index in [1.165, 1.54) is 0 Å². The van der Waals surface area contributed by atoms with Crippen molar-refractivity contribution in [2.75, 3.05) is 6.54 Å². The third-order valence-corrected chi connectivity index (χ3v) is 6.00. The molecule has 3 heterocycles. The molecule has 2 N–H and O–H groups in total. The highest BCUT2D eigenvalue weighted by Crippen LogP contribution is 2.25. The first-order valence-electron chi connectivity index (χ1n) is 10.6. The molecule has 164 valence electrons. The number of hydrogen-bond acceptors (Lipinski definition) is 4. The van der Waals surface area contributed by atoms with E-state index >= 15 is 0 Å². The summed E-state index contributed by atoms with van der Waals surface area (Å²) in [4.78, 5) is 40.1. The Balaban J connectivity index is 1.43. The van der Waals surface area contributed by atoms with Crippen LogP contribution in [0.5, 0.6) is 0 Å². The summed E-state index contributed by atoms with van der Waals surface area (Å²) < 4.78 is 1.58. The van der Waals surface area contributed by atoms with E-state index in [2.05, 4.69) is 15.7 Å². The van der Waals surface area contributed by atoms with Crippen molar-refractivity contribution >= 4 is 17.7 Å². The van der Waals surface area contributed by atoms with Crippen LogP contribution in [0, 0.1) is 0 Å². The zero-order valence-electron chi connectivity index (χ0n) is 18.4. The van der Waals surface area contributed by atoms with Crippen LogP contribution in [-0.2, 0) is 28.5 Å². The number of hydrogen-bond donors (Lipinski definition) is 2. The zero-order chi connectivity index (χ0) is 22.3. The lowest BCUT2D eigenvalue weighted by molar-refractivity contribution is -0.147. The van der Waals surface area contributed by atoms with Gasteiger partial charge in [0.1, 0.15) is 17.8 Å². The number of nitrogens with zero attached hydrogens (tertiary/aromatic N) is 3. The third kappa shape index (κ3) is 4.19. The van der Waals surface area contributed by atoms with Gasteiger partial charge in [-0.05, 0) is 18.1 Å². The average Bonchev–Trinajstić information content (AvgIpc) is 3.31. The van der Waals surface area contributed by atoms with Gasteiger partial charge in [-0.15, -0.1) is 0 Å². The molecular weight excluding hydrogens is 394 g/mol. The molecule has 2 aliphatic rings. The first-order chi connectivity index (χ1) is 14.6. The SMILES string of the molecule is Cn1nc(C(C)(C)C)cc1C(=O)N[C@H]1C[C@H]2C(=O)N[C@@H](Cc3ccccc3)C(=O)N2C1. The van der Waals surface area contributed by atoms with Gasteiger partial charge < -0.3 is 15.5 Å². The van der Waals surface area contributed by atoms with Crippen LogP contribution in [0.1, 0.15) is 48.9 Å². The standard InChI is InChI=1S/C23H29N5O3/c1-23(2,3)19-12-17(27(4)26-19)20(29)24-15-11-18-21(30)25-16(22(31)28(18)13-15)10-14-8-6-5-7-9-14/h5-9,12,15-16,18H,10-11,13H2,1-4H3,(H,24,29)(H,25,30)/t15-,16-,18-/m0/s1. The highest BCUT2D eigenvalue weighted by Gasteiger charge is 2.46. The highest BCUT2D eigenvalue weighted by atomic mass is 16.2. The maximum absolute atomic E-state index is 13.0. The van der Waals surface area contributed by atoms with Crippen molar-refractivity contribution in [1.82, 2.24) is 25.3 Å². The van der Waals surface area contributed by atoms with Gasteiger partial charge in [-0.25, -0.2) is 0 Å². The van der Waals surface area contributed by atoms with Gasteiger partial charge in [0.2, 0.25) is 11.8 Å². The second kappa shape index (κ2) is 7.83. The minimum Gasteiger partial charge on any atom is -0.346 e. The molecule has 8 nitrogen and oxygen atoms in total. The Bertz CT molecular complexity index is 1010. The van der Waals surface area contributed by atoms with E-state index in [4.69, 9.17) is 0 Å². The van der Waals surface area contributed by atoms with Gasteiger partial charge in [-0.1, -0.05) is 51.1 Å². The van der Waals surface area contributed by atoms with Crippen molar-refractivity contribution in [3.63, 3.8) is 0 Å². The fraction of sp³-hybridized carbons (Fsp3) is 0.478. The molecular formula is C23H29N5O3. The van der Waals surface area contributed by atoms with Crippen LogP contribution in [0.4, 0.5) is 0 Å². The molecule has 2 saturated heterocycles. The Kier molecular flexibility index (Phi) is 5.33. The maximum atomic E-state index is 13.0. The van der Waals surface area contributed by atoms with E-state index in [0.29, 0.717) is 25.1 Å². The smallest absolute Gasteiger partial charge is 0.269 e. The van der Waals surface area contributed by atoms with Gasteiger partial charge in [-0.2, -0.15) is 5.10 Å². The molecule has 8 heteroatoms. The quantitative estimate of drug-likeness (QED) is 0.771. The maximum Gasteiger partial charge on any atom is 0.269 e. The monoisotopic (exact) mass is 423 g/mol. The average molecular weight is 424 g/mol. The Morgan fingerprint density at radius 3 is 2.58 bits per heavy atom. The lowest BCUT2D eigenvalue weighted by atomic mass is 9.92. The number of nitrogens with one attached hydrogen (secondary N) is 2. The second-order valence-corrected chi connectivity index (χ2v) is 9.45. The summed E-state index contributed by atoms with van der Waals surface area (Å²) in [5, 5.41) is 10.3. The first kappa shape index (κ1) is 21.1. The van der Waals surface area contributed by atoms with Crippen LogP contribution in [0.2, 0.25) is 0 Å². The molecule has 2 fully saturated rings. The van der Waals surface area contributed by atoms with Gasteiger partial charge >= 0.3 is 0 Å². The lowest BCUT2D eigenvalue weighted by Gasteiger charge is -2.34. The summed E-state index contributed by atoms with van der Waals surface area (Å²) in [6, 6.07) is 10.0. The van der Waals surface area contributed by atoms with E-state index in [9.17, 15) is 14.4 Å². The molecule has 3 amide bonds. The summed E-state index contributed by atoms with van der Waals surface area (Å²) in [5.41, 5.74) is 2.13. The molecule has 2 aliphatic heterocycles. The van der Waals surface area contributed by atoms with Crippen LogP contribution in [0.3, 0.4) is 0 Å². The van der Waals surface area contributed by atoms with Crippen molar-refractivity contribution < 1.29 is 14.4 Å². The molecule has 0 bridgehead atoms. The number of aromatic nitrogens is 2. The molecule has 1 aromatic carbocycles. The largest absolute Gasteiger partial charge is 0.346 e.